The van der Waals surface area contributed by atoms with Crippen molar-refractivity contribution in [1.29, 1.82) is 0 Å². The predicted octanol–water partition coefficient (Wildman–Crippen LogP) is 0.842. The summed E-state index contributed by atoms with van der Waals surface area (Å²) >= 11 is 0. The van der Waals surface area contributed by atoms with Crippen LogP contribution in [0, 0.1) is 0 Å². The lowest BCUT2D eigenvalue weighted by Crippen LogP contribution is -2.38. The fourth-order valence-corrected chi connectivity index (χ4v) is 1.57. The van der Waals surface area contributed by atoms with E-state index < -0.39 is 5.97 Å². The van der Waals surface area contributed by atoms with Gasteiger partial charge in [0.2, 0.25) is 0 Å². The number of rotatable bonds is 5. The van der Waals surface area contributed by atoms with Gasteiger partial charge in [-0.15, -0.1) is 0 Å². The molecule has 6 heteroatoms. The van der Waals surface area contributed by atoms with Gasteiger partial charge in [0.15, 0.2) is 5.69 Å². The molecule has 1 aliphatic carbocycles. The minimum Gasteiger partial charge on any atom is -0.465 e. The van der Waals surface area contributed by atoms with Gasteiger partial charge in [-0.05, 0) is 19.8 Å². The zero-order valence-electron chi connectivity index (χ0n) is 9.59. The second-order valence-corrected chi connectivity index (χ2v) is 3.85. The molecule has 1 aromatic rings. The SMILES string of the molecule is CCOC(=O)CN(C(=O)c1ccon1)C1CC1. The van der Waals surface area contributed by atoms with Crippen molar-refractivity contribution in [2.45, 2.75) is 25.8 Å². The van der Waals surface area contributed by atoms with Crippen LogP contribution in [-0.4, -0.2) is 41.1 Å². The summed E-state index contributed by atoms with van der Waals surface area (Å²) in [5.41, 5.74) is 0.223. The number of esters is 1. The number of hydrogen-bond donors (Lipinski definition) is 0. The minimum absolute atomic E-state index is 0.0236. The second kappa shape index (κ2) is 4.99. The topological polar surface area (TPSA) is 72.6 Å². The molecule has 0 aliphatic heterocycles. The highest BCUT2D eigenvalue weighted by Gasteiger charge is 2.35. The van der Waals surface area contributed by atoms with Gasteiger partial charge in [-0.25, -0.2) is 0 Å². The molecule has 0 spiro atoms. The van der Waals surface area contributed by atoms with Crippen LogP contribution < -0.4 is 0 Å². The largest absolute Gasteiger partial charge is 0.465 e. The summed E-state index contributed by atoms with van der Waals surface area (Å²) in [4.78, 5) is 24.9. The number of carbonyl (C=O) groups excluding carboxylic acids is 2. The molecule has 0 bridgehead atoms. The van der Waals surface area contributed by atoms with E-state index >= 15 is 0 Å². The molecule has 17 heavy (non-hydrogen) atoms. The van der Waals surface area contributed by atoms with Gasteiger partial charge in [0.1, 0.15) is 12.8 Å². The molecule has 0 N–H and O–H groups in total. The average molecular weight is 238 g/mol. The summed E-state index contributed by atoms with van der Waals surface area (Å²) in [6.45, 7) is 2.03. The molecule has 1 aromatic heterocycles. The van der Waals surface area contributed by atoms with Crippen molar-refractivity contribution in [2.24, 2.45) is 0 Å². The van der Waals surface area contributed by atoms with Crippen LogP contribution in [0.4, 0.5) is 0 Å². The van der Waals surface area contributed by atoms with Crippen molar-refractivity contribution in [3.05, 3.63) is 18.0 Å². The number of aromatic nitrogens is 1. The van der Waals surface area contributed by atoms with Crippen LogP contribution >= 0.6 is 0 Å². The van der Waals surface area contributed by atoms with E-state index in [9.17, 15) is 9.59 Å². The molecule has 6 nitrogen and oxygen atoms in total. The zero-order chi connectivity index (χ0) is 12.3. The summed E-state index contributed by atoms with van der Waals surface area (Å²) in [6.07, 6.45) is 3.18. The number of ether oxygens (including phenoxy) is 1. The Morgan fingerprint density at radius 3 is 2.88 bits per heavy atom. The first-order valence-electron chi connectivity index (χ1n) is 5.59. The fourth-order valence-electron chi connectivity index (χ4n) is 1.57. The van der Waals surface area contributed by atoms with Crippen LogP contribution in [0.15, 0.2) is 16.9 Å². The average Bonchev–Trinajstić information content (AvgIpc) is 3.00. The van der Waals surface area contributed by atoms with Crippen molar-refractivity contribution in [2.75, 3.05) is 13.2 Å². The summed E-state index contributed by atoms with van der Waals surface area (Å²) in [5, 5.41) is 3.58. The third-order valence-corrected chi connectivity index (χ3v) is 2.51. The van der Waals surface area contributed by atoms with E-state index in [1.165, 1.54) is 17.2 Å². The van der Waals surface area contributed by atoms with E-state index in [2.05, 4.69) is 9.68 Å². The van der Waals surface area contributed by atoms with Crippen LogP contribution in [0.5, 0.6) is 0 Å². The Balaban J connectivity index is 2.02. The van der Waals surface area contributed by atoms with Gasteiger partial charge in [-0.3, -0.25) is 9.59 Å². The highest BCUT2D eigenvalue weighted by atomic mass is 16.5. The third-order valence-electron chi connectivity index (χ3n) is 2.51. The molecule has 92 valence electrons. The lowest BCUT2D eigenvalue weighted by molar-refractivity contribution is -0.144. The van der Waals surface area contributed by atoms with E-state index in [0.29, 0.717) is 6.61 Å². The molecular formula is C11H14N2O4. The monoisotopic (exact) mass is 238 g/mol. The van der Waals surface area contributed by atoms with Gasteiger partial charge in [-0.2, -0.15) is 0 Å². The van der Waals surface area contributed by atoms with Crippen LogP contribution in [-0.2, 0) is 9.53 Å². The van der Waals surface area contributed by atoms with Gasteiger partial charge >= 0.3 is 5.97 Å². The van der Waals surface area contributed by atoms with Crippen molar-refractivity contribution >= 4 is 11.9 Å². The molecule has 1 heterocycles. The van der Waals surface area contributed by atoms with Gasteiger partial charge in [0, 0.05) is 12.1 Å². The Bertz CT molecular complexity index is 398. The lowest BCUT2D eigenvalue weighted by atomic mass is 10.3. The molecule has 0 saturated heterocycles. The maximum Gasteiger partial charge on any atom is 0.325 e. The number of nitrogens with zero attached hydrogens (tertiary/aromatic N) is 2. The molecule has 0 aromatic carbocycles. The highest BCUT2D eigenvalue weighted by Crippen LogP contribution is 2.27. The van der Waals surface area contributed by atoms with Gasteiger partial charge in [0.25, 0.3) is 5.91 Å². The summed E-state index contributed by atoms with van der Waals surface area (Å²) < 4.78 is 9.47. The van der Waals surface area contributed by atoms with Gasteiger partial charge in [0.05, 0.1) is 6.61 Å². The Hall–Kier alpha value is -1.85. The molecule has 0 atom stereocenters. The van der Waals surface area contributed by atoms with E-state index in [-0.39, 0.29) is 24.2 Å². The molecule has 1 aliphatic rings. The molecular weight excluding hydrogens is 224 g/mol. The van der Waals surface area contributed by atoms with Crippen LogP contribution in [0.1, 0.15) is 30.3 Å². The molecule has 0 radical (unpaired) electrons. The second-order valence-electron chi connectivity index (χ2n) is 3.85. The number of hydrogen-bond acceptors (Lipinski definition) is 5. The van der Waals surface area contributed by atoms with Crippen molar-refractivity contribution < 1.29 is 18.8 Å². The first-order valence-corrected chi connectivity index (χ1v) is 5.59. The maximum absolute atomic E-state index is 12.0. The first-order chi connectivity index (χ1) is 8.22. The highest BCUT2D eigenvalue weighted by molar-refractivity contribution is 5.94. The fraction of sp³-hybridized carbons (Fsp3) is 0.545. The van der Waals surface area contributed by atoms with E-state index in [1.807, 2.05) is 0 Å². The Morgan fingerprint density at radius 1 is 1.59 bits per heavy atom. The summed E-state index contributed by atoms with van der Waals surface area (Å²) in [7, 11) is 0. The quantitative estimate of drug-likeness (QED) is 0.711. The van der Waals surface area contributed by atoms with E-state index in [4.69, 9.17) is 4.74 Å². The van der Waals surface area contributed by atoms with Crippen molar-refractivity contribution in [1.82, 2.24) is 10.1 Å². The standard InChI is InChI=1S/C11H14N2O4/c1-2-16-10(14)7-13(8-3-4-8)11(15)9-5-6-17-12-9/h5-6,8H,2-4,7H2,1H3. The van der Waals surface area contributed by atoms with Crippen LogP contribution in [0.2, 0.25) is 0 Å². The number of amides is 1. The molecule has 0 unspecified atom stereocenters. The Morgan fingerprint density at radius 2 is 2.35 bits per heavy atom. The smallest absolute Gasteiger partial charge is 0.325 e. The van der Waals surface area contributed by atoms with Crippen molar-refractivity contribution in [3.8, 4) is 0 Å². The molecule has 2 rings (SSSR count). The Kier molecular flexibility index (Phi) is 3.41. The first kappa shape index (κ1) is 11.6. The summed E-state index contributed by atoms with van der Waals surface area (Å²) in [6, 6.07) is 1.62. The van der Waals surface area contributed by atoms with Crippen LogP contribution in [0.25, 0.3) is 0 Å². The van der Waals surface area contributed by atoms with Gasteiger partial charge in [-0.1, -0.05) is 5.16 Å². The molecule has 1 fully saturated rings. The maximum atomic E-state index is 12.0. The van der Waals surface area contributed by atoms with E-state index in [1.54, 1.807) is 6.92 Å². The zero-order valence-corrected chi connectivity index (χ0v) is 9.59. The molecule has 1 amide bonds. The lowest BCUT2D eigenvalue weighted by Gasteiger charge is -2.19. The minimum atomic E-state index is -0.392. The van der Waals surface area contributed by atoms with Crippen molar-refractivity contribution in [3.63, 3.8) is 0 Å². The Labute approximate surface area is 98.5 Å². The third kappa shape index (κ3) is 2.83. The number of carbonyl (C=O) groups is 2. The van der Waals surface area contributed by atoms with E-state index in [0.717, 1.165) is 12.8 Å². The summed E-state index contributed by atoms with van der Waals surface area (Å²) in [5.74, 6) is -0.675. The van der Waals surface area contributed by atoms with Gasteiger partial charge < -0.3 is 14.2 Å². The molecule has 1 saturated carbocycles. The van der Waals surface area contributed by atoms with Crippen LogP contribution in [0.3, 0.4) is 0 Å². The predicted molar refractivity (Wildman–Crippen MR) is 57.2 cm³/mol. The normalized spacial score (nSPS) is 14.4.